The molecule has 2 aromatic rings. The van der Waals surface area contributed by atoms with Gasteiger partial charge in [0.15, 0.2) is 0 Å². The maximum Gasteiger partial charge on any atom is 0.329 e. The van der Waals surface area contributed by atoms with E-state index in [4.69, 9.17) is 0 Å². The van der Waals surface area contributed by atoms with Crippen LogP contribution in [0.15, 0.2) is 42.7 Å². The van der Waals surface area contributed by atoms with Gasteiger partial charge in [0, 0.05) is 31.9 Å². The molecule has 1 saturated heterocycles. The van der Waals surface area contributed by atoms with E-state index in [2.05, 4.69) is 15.6 Å². The number of imidazole rings is 1. The van der Waals surface area contributed by atoms with E-state index in [0.29, 0.717) is 18.8 Å². The lowest BCUT2D eigenvalue weighted by molar-refractivity contribution is -0.121. The van der Waals surface area contributed by atoms with E-state index in [0.717, 1.165) is 10.7 Å². The number of aryl methyl sites for hydroxylation is 1. The van der Waals surface area contributed by atoms with Gasteiger partial charge in [-0.15, -0.1) is 0 Å². The minimum Gasteiger partial charge on any atom is -0.354 e. The van der Waals surface area contributed by atoms with Crippen LogP contribution in [0.25, 0.3) is 0 Å². The third-order valence-electron chi connectivity index (χ3n) is 4.29. The van der Waals surface area contributed by atoms with Crippen LogP contribution in [0.4, 0.5) is 10.5 Å². The molecule has 2 heterocycles. The molecule has 26 heavy (non-hydrogen) atoms. The topological polar surface area (TPSA) is 96.3 Å². The summed E-state index contributed by atoms with van der Waals surface area (Å²) in [7, 11) is 0. The van der Waals surface area contributed by atoms with Crippen molar-refractivity contribution in [3.63, 3.8) is 0 Å². The minimum atomic E-state index is -0.677. The molecule has 136 valence electrons. The van der Waals surface area contributed by atoms with Gasteiger partial charge in [-0.2, -0.15) is 0 Å². The Morgan fingerprint density at radius 2 is 2.04 bits per heavy atom. The van der Waals surface area contributed by atoms with Crippen molar-refractivity contribution in [2.45, 2.75) is 32.4 Å². The van der Waals surface area contributed by atoms with Gasteiger partial charge in [0.25, 0.3) is 5.91 Å². The van der Waals surface area contributed by atoms with E-state index < -0.39 is 12.1 Å². The van der Waals surface area contributed by atoms with Gasteiger partial charge in [0.05, 0.1) is 5.69 Å². The summed E-state index contributed by atoms with van der Waals surface area (Å²) in [6, 6.07) is 7.60. The molecule has 4 amide bonds. The number of imide groups is 1. The van der Waals surface area contributed by atoms with Crippen molar-refractivity contribution >= 4 is 23.5 Å². The zero-order valence-electron chi connectivity index (χ0n) is 14.5. The first kappa shape index (κ1) is 17.7. The number of carbonyl (C=O) groups is 3. The predicted molar refractivity (Wildman–Crippen MR) is 95.5 cm³/mol. The molecule has 0 saturated carbocycles. The first-order valence-electron chi connectivity index (χ1n) is 8.50. The summed E-state index contributed by atoms with van der Waals surface area (Å²) in [5.41, 5.74) is 0.526. The van der Waals surface area contributed by atoms with E-state index in [-0.39, 0.29) is 24.7 Å². The number of rotatable bonds is 7. The van der Waals surface area contributed by atoms with Crippen molar-refractivity contribution in [2.75, 3.05) is 11.4 Å². The molecule has 1 unspecified atom stereocenters. The van der Waals surface area contributed by atoms with E-state index in [9.17, 15) is 14.4 Å². The molecule has 2 N–H and O–H groups in total. The van der Waals surface area contributed by atoms with E-state index >= 15 is 0 Å². The highest BCUT2D eigenvalue weighted by Crippen LogP contribution is 2.20. The fourth-order valence-corrected chi connectivity index (χ4v) is 2.87. The quantitative estimate of drug-likeness (QED) is 0.730. The predicted octanol–water partition coefficient (Wildman–Crippen LogP) is 1.21. The molecule has 1 aromatic carbocycles. The average Bonchev–Trinajstić information content (AvgIpc) is 3.16. The van der Waals surface area contributed by atoms with Gasteiger partial charge in [-0.05, 0) is 25.5 Å². The molecular weight excluding hydrogens is 334 g/mol. The van der Waals surface area contributed by atoms with Crippen LogP contribution in [0.2, 0.25) is 0 Å². The van der Waals surface area contributed by atoms with Crippen LogP contribution < -0.4 is 15.5 Å². The van der Waals surface area contributed by atoms with Crippen LogP contribution in [0.1, 0.15) is 18.7 Å². The fraction of sp³-hybridized carbons (Fsp3) is 0.333. The largest absolute Gasteiger partial charge is 0.354 e. The Balaban J connectivity index is 1.46. The number of nitrogens with zero attached hydrogens (tertiary/aromatic N) is 3. The second-order valence-electron chi connectivity index (χ2n) is 6.07. The van der Waals surface area contributed by atoms with Crippen LogP contribution in [-0.4, -0.2) is 40.0 Å². The molecule has 1 aliphatic rings. The standard InChI is InChI=1S/C18H21N5O3/c1-13-19-9-11-22(13)12-10-20-16(24)8-7-15-17(25)23(18(26)21-15)14-5-3-2-4-6-14/h2-6,9,11,15H,7-8,10,12H2,1H3,(H,20,24)(H,21,26). The van der Waals surface area contributed by atoms with Gasteiger partial charge in [0.2, 0.25) is 5.91 Å². The van der Waals surface area contributed by atoms with Crippen LogP contribution in [0.5, 0.6) is 0 Å². The second-order valence-corrected chi connectivity index (χ2v) is 6.07. The van der Waals surface area contributed by atoms with E-state index in [1.807, 2.05) is 23.8 Å². The second kappa shape index (κ2) is 7.81. The van der Waals surface area contributed by atoms with Crippen molar-refractivity contribution in [2.24, 2.45) is 0 Å². The Hall–Kier alpha value is -3.16. The smallest absolute Gasteiger partial charge is 0.329 e. The lowest BCUT2D eigenvalue weighted by atomic mass is 10.1. The highest BCUT2D eigenvalue weighted by Gasteiger charge is 2.38. The van der Waals surface area contributed by atoms with Crippen LogP contribution in [0.3, 0.4) is 0 Å². The van der Waals surface area contributed by atoms with E-state index in [1.165, 1.54) is 0 Å². The highest BCUT2D eigenvalue weighted by atomic mass is 16.2. The molecule has 0 radical (unpaired) electrons. The van der Waals surface area contributed by atoms with Crippen molar-refractivity contribution in [3.05, 3.63) is 48.5 Å². The third kappa shape index (κ3) is 3.90. The first-order chi connectivity index (χ1) is 12.6. The summed E-state index contributed by atoms with van der Waals surface area (Å²) < 4.78 is 1.94. The molecule has 8 heteroatoms. The molecule has 1 atom stereocenters. The maximum absolute atomic E-state index is 12.4. The Morgan fingerprint density at radius 1 is 1.27 bits per heavy atom. The molecule has 1 fully saturated rings. The zero-order chi connectivity index (χ0) is 18.5. The summed E-state index contributed by atoms with van der Waals surface area (Å²) in [5.74, 6) is 0.408. The lowest BCUT2D eigenvalue weighted by Crippen LogP contribution is -2.33. The molecule has 1 aliphatic heterocycles. The van der Waals surface area contributed by atoms with Gasteiger partial charge in [-0.25, -0.2) is 14.7 Å². The van der Waals surface area contributed by atoms with Gasteiger partial charge >= 0.3 is 6.03 Å². The van der Waals surface area contributed by atoms with Crippen LogP contribution in [-0.2, 0) is 16.1 Å². The van der Waals surface area contributed by atoms with Gasteiger partial charge < -0.3 is 15.2 Å². The van der Waals surface area contributed by atoms with Crippen molar-refractivity contribution in [1.82, 2.24) is 20.2 Å². The minimum absolute atomic E-state index is 0.150. The molecule has 0 aliphatic carbocycles. The van der Waals surface area contributed by atoms with Crippen molar-refractivity contribution < 1.29 is 14.4 Å². The highest BCUT2D eigenvalue weighted by molar-refractivity contribution is 6.21. The SMILES string of the molecule is Cc1nccn1CCNC(=O)CCC1NC(=O)N(c2ccccc2)C1=O. The number of aromatic nitrogens is 2. The molecule has 0 bridgehead atoms. The molecule has 8 nitrogen and oxygen atoms in total. The number of hydrogen-bond donors (Lipinski definition) is 2. The Labute approximate surface area is 151 Å². The van der Waals surface area contributed by atoms with Crippen molar-refractivity contribution in [3.8, 4) is 0 Å². The number of carbonyl (C=O) groups excluding carboxylic acids is 3. The van der Waals surface area contributed by atoms with Gasteiger partial charge in [-0.3, -0.25) is 9.59 Å². The van der Waals surface area contributed by atoms with Gasteiger partial charge in [0.1, 0.15) is 11.9 Å². The molecular formula is C18H21N5O3. The van der Waals surface area contributed by atoms with Gasteiger partial charge in [-0.1, -0.05) is 18.2 Å². The fourth-order valence-electron chi connectivity index (χ4n) is 2.87. The number of para-hydroxylation sites is 1. The van der Waals surface area contributed by atoms with E-state index in [1.54, 1.807) is 30.5 Å². The number of urea groups is 1. The number of nitrogens with one attached hydrogen (secondary N) is 2. The Bertz CT molecular complexity index is 802. The average molecular weight is 355 g/mol. The molecule has 1 aromatic heterocycles. The van der Waals surface area contributed by atoms with Crippen molar-refractivity contribution in [1.29, 1.82) is 0 Å². The summed E-state index contributed by atoms with van der Waals surface area (Å²) in [5, 5.41) is 5.45. The summed E-state index contributed by atoms with van der Waals surface area (Å²) >= 11 is 0. The summed E-state index contributed by atoms with van der Waals surface area (Å²) in [6.45, 7) is 3.02. The Morgan fingerprint density at radius 3 is 2.73 bits per heavy atom. The number of benzene rings is 1. The normalized spacial score (nSPS) is 16.7. The number of hydrogen-bond acceptors (Lipinski definition) is 4. The number of anilines is 1. The maximum atomic E-state index is 12.4. The summed E-state index contributed by atoms with van der Waals surface area (Å²) in [4.78, 5) is 41.7. The van der Waals surface area contributed by atoms with Crippen LogP contribution >= 0.6 is 0 Å². The molecule has 3 rings (SSSR count). The monoisotopic (exact) mass is 355 g/mol. The van der Waals surface area contributed by atoms with Crippen LogP contribution in [0, 0.1) is 6.92 Å². The number of amides is 4. The summed E-state index contributed by atoms with van der Waals surface area (Å²) in [6.07, 6.45) is 4.00. The third-order valence-corrected chi connectivity index (χ3v) is 4.29. The lowest BCUT2D eigenvalue weighted by Gasteiger charge is -2.12. The molecule has 0 spiro atoms. The Kier molecular flexibility index (Phi) is 5.31. The first-order valence-corrected chi connectivity index (χ1v) is 8.50. The zero-order valence-corrected chi connectivity index (χ0v) is 14.5.